The van der Waals surface area contributed by atoms with Crippen LogP contribution in [0.5, 0.6) is 0 Å². The Morgan fingerprint density at radius 1 is 1.29 bits per heavy atom. The molecule has 1 atom stereocenters. The van der Waals surface area contributed by atoms with Crippen molar-refractivity contribution >= 4 is 21.4 Å². The first-order valence-corrected chi connectivity index (χ1v) is 9.43. The molecule has 1 aliphatic rings. The Balaban J connectivity index is 1.98. The van der Waals surface area contributed by atoms with Gasteiger partial charge in [0.1, 0.15) is 0 Å². The molecule has 0 saturated carbocycles. The lowest BCUT2D eigenvalue weighted by molar-refractivity contribution is 0.156. The van der Waals surface area contributed by atoms with Gasteiger partial charge in [0.2, 0.25) is 0 Å². The number of nitrogens with zero attached hydrogens (tertiary/aromatic N) is 1. The van der Waals surface area contributed by atoms with Crippen molar-refractivity contribution < 1.29 is 8.42 Å². The summed E-state index contributed by atoms with van der Waals surface area (Å²) in [5.74, 6) is 0.162. The van der Waals surface area contributed by atoms with Crippen molar-refractivity contribution in [2.75, 3.05) is 32.4 Å². The summed E-state index contributed by atoms with van der Waals surface area (Å²) in [6.45, 7) is 2.50. The second kappa shape index (κ2) is 7.58. The van der Waals surface area contributed by atoms with Gasteiger partial charge < -0.3 is 5.32 Å². The van der Waals surface area contributed by atoms with Crippen molar-refractivity contribution in [2.24, 2.45) is 0 Å². The third-order valence-electron chi connectivity index (χ3n) is 4.01. The molecule has 0 bridgehead atoms. The highest BCUT2D eigenvalue weighted by Gasteiger charge is 2.24. The van der Waals surface area contributed by atoms with Gasteiger partial charge in [-0.15, -0.1) is 0 Å². The van der Waals surface area contributed by atoms with E-state index in [2.05, 4.69) is 10.2 Å². The van der Waals surface area contributed by atoms with Crippen molar-refractivity contribution in [1.29, 1.82) is 0 Å². The van der Waals surface area contributed by atoms with Crippen LogP contribution in [-0.2, 0) is 9.84 Å². The van der Waals surface area contributed by atoms with Gasteiger partial charge in [0, 0.05) is 24.2 Å². The Hall–Kier alpha value is -0.620. The first-order chi connectivity index (χ1) is 10.0. The number of benzene rings is 1. The molecule has 1 heterocycles. The number of hydrogen-bond donors (Lipinski definition) is 1. The van der Waals surface area contributed by atoms with Crippen LogP contribution in [0.4, 0.5) is 0 Å². The molecule has 4 nitrogen and oxygen atoms in total. The van der Waals surface area contributed by atoms with Gasteiger partial charge in [-0.1, -0.05) is 18.0 Å². The monoisotopic (exact) mass is 330 g/mol. The molecule has 1 fully saturated rings. The number of piperidine rings is 1. The molecule has 0 amide bonds. The SMILES string of the molecule is CNCC1CCCCN1CCS(=O)(=O)c1ccc(Cl)cc1. The van der Waals surface area contributed by atoms with Crippen LogP contribution in [0.3, 0.4) is 0 Å². The van der Waals surface area contributed by atoms with E-state index in [1.807, 2.05) is 7.05 Å². The number of likely N-dealkylation sites (N-methyl/N-ethyl adjacent to an activating group) is 1. The third kappa shape index (κ3) is 4.68. The van der Waals surface area contributed by atoms with E-state index in [0.717, 1.165) is 25.9 Å². The van der Waals surface area contributed by atoms with Crippen molar-refractivity contribution in [1.82, 2.24) is 10.2 Å². The summed E-state index contributed by atoms with van der Waals surface area (Å²) >= 11 is 5.80. The normalized spacial score (nSPS) is 20.6. The first-order valence-electron chi connectivity index (χ1n) is 7.40. The van der Waals surface area contributed by atoms with Crippen LogP contribution >= 0.6 is 11.6 Å². The molecule has 0 aromatic heterocycles. The van der Waals surface area contributed by atoms with Gasteiger partial charge in [0.05, 0.1) is 10.6 Å². The summed E-state index contributed by atoms with van der Waals surface area (Å²) in [6, 6.07) is 6.86. The smallest absolute Gasteiger partial charge is 0.179 e. The van der Waals surface area contributed by atoms with Crippen LogP contribution in [0.25, 0.3) is 0 Å². The zero-order chi connectivity index (χ0) is 15.3. The number of likely N-dealkylation sites (tertiary alicyclic amines) is 1. The molecule has 21 heavy (non-hydrogen) atoms. The quantitative estimate of drug-likeness (QED) is 0.868. The molecule has 0 radical (unpaired) electrons. The summed E-state index contributed by atoms with van der Waals surface area (Å²) in [6.07, 6.45) is 3.52. The van der Waals surface area contributed by atoms with Gasteiger partial charge in [-0.3, -0.25) is 4.90 Å². The summed E-state index contributed by atoms with van der Waals surface area (Å²) in [4.78, 5) is 2.65. The summed E-state index contributed by atoms with van der Waals surface area (Å²) in [5, 5.41) is 3.75. The van der Waals surface area contributed by atoms with E-state index in [0.29, 0.717) is 22.5 Å². The van der Waals surface area contributed by atoms with E-state index in [-0.39, 0.29) is 5.75 Å². The molecular formula is C15H23ClN2O2S. The van der Waals surface area contributed by atoms with Crippen molar-refractivity contribution in [2.45, 2.75) is 30.2 Å². The maximum absolute atomic E-state index is 12.4. The molecule has 0 spiro atoms. The maximum atomic E-state index is 12.4. The summed E-state index contributed by atoms with van der Waals surface area (Å²) in [7, 11) is -1.29. The largest absolute Gasteiger partial charge is 0.318 e. The molecule has 1 saturated heterocycles. The molecule has 1 unspecified atom stereocenters. The molecular weight excluding hydrogens is 308 g/mol. The van der Waals surface area contributed by atoms with Gasteiger partial charge in [-0.2, -0.15) is 0 Å². The highest BCUT2D eigenvalue weighted by molar-refractivity contribution is 7.91. The van der Waals surface area contributed by atoms with E-state index in [9.17, 15) is 8.42 Å². The van der Waals surface area contributed by atoms with Crippen LogP contribution in [0.1, 0.15) is 19.3 Å². The molecule has 1 aromatic carbocycles. The van der Waals surface area contributed by atoms with E-state index < -0.39 is 9.84 Å². The molecule has 118 valence electrons. The summed E-state index contributed by atoms with van der Waals surface area (Å²) < 4.78 is 24.7. The molecule has 1 aliphatic heterocycles. The Morgan fingerprint density at radius 3 is 2.67 bits per heavy atom. The van der Waals surface area contributed by atoms with Gasteiger partial charge >= 0.3 is 0 Å². The van der Waals surface area contributed by atoms with Crippen LogP contribution in [0, 0.1) is 0 Å². The average Bonchev–Trinajstić information content (AvgIpc) is 2.47. The molecule has 0 aliphatic carbocycles. The van der Waals surface area contributed by atoms with Crippen LogP contribution in [0.2, 0.25) is 5.02 Å². The molecule has 2 rings (SSSR count). The van der Waals surface area contributed by atoms with Crippen LogP contribution < -0.4 is 5.32 Å². The second-order valence-electron chi connectivity index (χ2n) is 5.52. The van der Waals surface area contributed by atoms with Crippen LogP contribution in [-0.4, -0.2) is 51.8 Å². The molecule has 1 aromatic rings. The zero-order valence-corrected chi connectivity index (χ0v) is 14.0. The topological polar surface area (TPSA) is 49.4 Å². The van der Waals surface area contributed by atoms with E-state index in [1.54, 1.807) is 24.3 Å². The Morgan fingerprint density at radius 2 is 2.00 bits per heavy atom. The predicted octanol–water partition coefficient (Wildman–Crippen LogP) is 2.19. The Bertz CT molecular complexity index is 543. The minimum Gasteiger partial charge on any atom is -0.318 e. The number of hydrogen-bond acceptors (Lipinski definition) is 4. The predicted molar refractivity (Wildman–Crippen MR) is 86.6 cm³/mol. The lowest BCUT2D eigenvalue weighted by Crippen LogP contribution is -2.46. The Kier molecular flexibility index (Phi) is 6.05. The first kappa shape index (κ1) is 16.7. The van der Waals surface area contributed by atoms with Crippen molar-refractivity contribution in [3.05, 3.63) is 29.3 Å². The molecule has 1 N–H and O–H groups in total. The van der Waals surface area contributed by atoms with E-state index in [1.165, 1.54) is 6.42 Å². The third-order valence-corrected chi connectivity index (χ3v) is 5.97. The van der Waals surface area contributed by atoms with Crippen molar-refractivity contribution in [3.8, 4) is 0 Å². The second-order valence-corrected chi connectivity index (χ2v) is 8.06. The minimum absolute atomic E-state index is 0.162. The van der Waals surface area contributed by atoms with Gasteiger partial charge in [-0.05, 0) is 50.7 Å². The fraction of sp³-hybridized carbons (Fsp3) is 0.600. The number of halogens is 1. The zero-order valence-electron chi connectivity index (χ0n) is 12.4. The van der Waals surface area contributed by atoms with Gasteiger partial charge in [-0.25, -0.2) is 8.42 Å². The highest BCUT2D eigenvalue weighted by atomic mass is 35.5. The highest BCUT2D eigenvalue weighted by Crippen LogP contribution is 2.19. The van der Waals surface area contributed by atoms with Crippen molar-refractivity contribution in [3.63, 3.8) is 0 Å². The maximum Gasteiger partial charge on any atom is 0.179 e. The Labute approximate surface area is 132 Å². The number of rotatable bonds is 6. The van der Waals surface area contributed by atoms with E-state index >= 15 is 0 Å². The average molecular weight is 331 g/mol. The summed E-state index contributed by atoms with van der Waals surface area (Å²) in [5.41, 5.74) is 0. The van der Waals surface area contributed by atoms with Gasteiger partial charge in [0.25, 0.3) is 0 Å². The minimum atomic E-state index is -3.24. The molecule has 6 heteroatoms. The fourth-order valence-electron chi connectivity index (χ4n) is 2.82. The number of nitrogens with one attached hydrogen (secondary N) is 1. The lowest BCUT2D eigenvalue weighted by Gasteiger charge is -2.35. The van der Waals surface area contributed by atoms with E-state index in [4.69, 9.17) is 11.6 Å². The van der Waals surface area contributed by atoms with Gasteiger partial charge in [0.15, 0.2) is 9.84 Å². The fourth-order valence-corrected chi connectivity index (χ4v) is 4.21. The lowest BCUT2D eigenvalue weighted by atomic mass is 10.0. The standard InChI is InChI=1S/C15H23ClN2O2S/c1-17-12-14-4-2-3-9-18(14)10-11-21(19,20)15-7-5-13(16)6-8-15/h5-8,14,17H,2-4,9-12H2,1H3. The number of sulfone groups is 1. The van der Waals surface area contributed by atoms with Crippen LogP contribution in [0.15, 0.2) is 29.2 Å².